The Morgan fingerprint density at radius 2 is 0.909 bits per heavy atom. The van der Waals surface area contributed by atoms with E-state index in [2.05, 4.69) is 20.8 Å². The third-order valence-corrected chi connectivity index (χ3v) is 2.41. The van der Waals surface area contributed by atoms with Crippen LogP contribution in [0, 0.1) is 17.8 Å². The van der Waals surface area contributed by atoms with Crippen LogP contribution < -0.4 is 0 Å². The molecule has 0 aromatic heterocycles. The smallest absolute Gasteiger partial charge is 0.0319 e. The summed E-state index contributed by atoms with van der Waals surface area (Å²) in [5, 5.41) is 7.00. The van der Waals surface area contributed by atoms with Gasteiger partial charge in [0.2, 0.25) is 0 Å². The quantitative estimate of drug-likeness (QED) is 0.574. The molecule has 0 aromatic rings. The first-order chi connectivity index (χ1) is 5.18. The van der Waals surface area contributed by atoms with Crippen LogP contribution in [0.5, 0.6) is 0 Å². The van der Waals surface area contributed by atoms with Crippen LogP contribution in [0.3, 0.4) is 0 Å². The van der Waals surface area contributed by atoms with E-state index < -0.39 is 0 Å². The summed E-state index contributed by atoms with van der Waals surface area (Å²) >= 11 is 0. The zero-order valence-electron chi connectivity index (χ0n) is 8.30. The predicted molar refractivity (Wildman–Crippen MR) is 49.5 cm³/mol. The van der Waals surface area contributed by atoms with Crippen LogP contribution in [0.1, 0.15) is 40.0 Å². The van der Waals surface area contributed by atoms with Crippen molar-refractivity contribution in [2.45, 2.75) is 40.0 Å². The van der Waals surface area contributed by atoms with E-state index in [0.29, 0.717) is 0 Å². The molecule has 1 fully saturated rings. The molecule has 0 unspecified atom stereocenters. The molecule has 68 valence electrons. The van der Waals surface area contributed by atoms with E-state index in [9.17, 15) is 0 Å². The summed E-state index contributed by atoms with van der Waals surface area (Å²) in [6.45, 7) is 7.14. The maximum atomic E-state index is 7.00. The molecule has 1 aliphatic rings. The van der Waals surface area contributed by atoms with E-state index >= 15 is 0 Å². The van der Waals surface area contributed by atoms with Gasteiger partial charge in [0.25, 0.3) is 0 Å². The second-order valence-electron chi connectivity index (χ2n) is 4.02. The SMILES string of the molecule is CC1CC(C)CC(C)C1.CO. The first-order valence-corrected chi connectivity index (χ1v) is 4.63. The molecule has 0 heterocycles. The van der Waals surface area contributed by atoms with Gasteiger partial charge in [-0.25, -0.2) is 0 Å². The van der Waals surface area contributed by atoms with Crippen molar-refractivity contribution in [3.8, 4) is 0 Å². The third kappa shape index (κ3) is 4.41. The minimum absolute atomic E-state index is 0.990. The van der Waals surface area contributed by atoms with E-state index in [1.807, 2.05) is 0 Å². The van der Waals surface area contributed by atoms with E-state index in [4.69, 9.17) is 5.11 Å². The average Bonchev–Trinajstić information content (AvgIpc) is 1.88. The minimum atomic E-state index is 0.990. The van der Waals surface area contributed by atoms with Crippen LogP contribution in [-0.4, -0.2) is 12.2 Å². The standard InChI is InChI=1S/C9H18.CH4O/c1-7-4-8(2)6-9(3)5-7;1-2/h7-9H,4-6H2,1-3H3;2H,1H3. The molecule has 1 heteroatoms. The van der Waals surface area contributed by atoms with Crippen LogP contribution in [0.4, 0.5) is 0 Å². The maximum absolute atomic E-state index is 7.00. The van der Waals surface area contributed by atoms with Gasteiger partial charge in [0.15, 0.2) is 0 Å². The highest BCUT2D eigenvalue weighted by atomic mass is 16.2. The Bertz CT molecular complexity index is 65.9. The fourth-order valence-corrected chi connectivity index (χ4v) is 2.35. The van der Waals surface area contributed by atoms with Crippen molar-refractivity contribution in [2.75, 3.05) is 7.11 Å². The summed E-state index contributed by atoms with van der Waals surface area (Å²) in [4.78, 5) is 0. The Balaban J connectivity index is 0.000000461. The molecule has 0 bridgehead atoms. The van der Waals surface area contributed by atoms with Gasteiger partial charge in [0.05, 0.1) is 0 Å². The highest BCUT2D eigenvalue weighted by Crippen LogP contribution is 2.31. The molecule has 0 atom stereocenters. The van der Waals surface area contributed by atoms with Crippen molar-refractivity contribution in [3.05, 3.63) is 0 Å². The molecule has 11 heavy (non-hydrogen) atoms. The number of rotatable bonds is 0. The molecule has 1 aliphatic carbocycles. The van der Waals surface area contributed by atoms with Crippen LogP contribution in [0.25, 0.3) is 0 Å². The Morgan fingerprint density at radius 3 is 1.09 bits per heavy atom. The molecule has 0 amide bonds. The summed E-state index contributed by atoms with van der Waals surface area (Å²) in [6.07, 6.45) is 4.39. The third-order valence-electron chi connectivity index (χ3n) is 2.41. The van der Waals surface area contributed by atoms with Gasteiger partial charge in [-0.1, -0.05) is 20.8 Å². The molecule has 0 radical (unpaired) electrons. The molecule has 0 aliphatic heterocycles. The molecule has 1 N–H and O–H groups in total. The lowest BCUT2D eigenvalue weighted by Gasteiger charge is -2.28. The number of aliphatic hydroxyl groups is 1. The monoisotopic (exact) mass is 158 g/mol. The summed E-state index contributed by atoms with van der Waals surface area (Å²) in [6, 6.07) is 0. The first-order valence-electron chi connectivity index (χ1n) is 4.63. The second-order valence-corrected chi connectivity index (χ2v) is 4.02. The highest BCUT2D eigenvalue weighted by molar-refractivity contribution is 4.71. The highest BCUT2D eigenvalue weighted by Gasteiger charge is 2.19. The second kappa shape index (κ2) is 5.59. The fourth-order valence-electron chi connectivity index (χ4n) is 2.35. The fraction of sp³-hybridized carbons (Fsp3) is 1.00. The molecule has 1 nitrogen and oxygen atoms in total. The van der Waals surface area contributed by atoms with Crippen LogP contribution in [0.2, 0.25) is 0 Å². The Hall–Kier alpha value is -0.0400. The van der Waals surface area contributed by atoms with Gasteiger partial charge in [0.1, 0.15) is 0 Å². The van der Waals surface area contributed by atoms with Gasteiger partial charge in [-0.05, 0) is 37.0 Å². The molecule has 0 spiro atoms. The number of aliphatic hydroxyl groups excluding tert-OH is 1. The van der Waals surface area contributed by atoms with Crippen LogP contribution in [0.15, 0.2) is 0 Å². The minimum Gasteiger partial charge on any atom is -0.400 e. The van der Waals surface area contributed by atoms with E-state index in [1.165, 1.54) is 19.3 Å². The van der Waals surface area contributed by atoms with Crippen molar-refractivity contribution in [3.63, 3.8) is 0 Å². The lowest BCUT2D eigenvalue weighted by molar-refractivity contribution is 0.233. The van der Waals surface area contributed by atoms with Gasteiger partial charge in [-0.3, -0.25) is 0 Å². The van der Waals surface area contributed by atoms with E-state index in [1.54, 1.807) is 0 Å². The van der Waals surface area contributed by atoms with Gasteiger partial charge in [-0.15, -0.1) is 0 Å². The van der Waals surface area contributed by atoms with Crippen molar-refractivity contribution in [1.82, 2.24) is 0 Å². The lowest BCUT2D eigenvalue weighted by Crippen LogP contribution is -2.16. The summed E-state index contributed by atoms with van der Waals surface area (Å²) < 4.78 is 0. The van der Waals surface area contributed by atoms with Crippen molar-refractivity contribution in [1.29, 1.82) is 0 Å². The normalized spacial score (nSPS) is 37.4. The van der Waals surface area contributed by atoms with Gasteiger partial charge in [0, 0.05) is 7.11 Å². The topological polar surface area (TPSA) is 20.2 Å². The van der Waals surface area contributed by atoms with Gasteiger partial charge in [-0.2, -0.15) is 0 Å². The van der Waals surface area contributed by atoms with E-state index in [0.717, 1.165) is 24.9 Å². The lowest BCUT2D eigenvalue weighted by atomic mass is 9.78. The Labute approximate surface area is 70.8 Å². The molecule has 1 rings (SSSR count). The van der Waals surface area contributed by atoms with Crippen LogP contribution in [-0.2, 0) is 0 Å². The largest absolute Gasteiger partial charge is 0.400 e. The number of hydrogen-bond donors (Lipinski definition) is 1. The summed E-state index contributed by atoms with van der Waals surface area (Å²) in [7, 11) is 1.00. The molecular formula is C10H22O. The number of hydrogen-bond acceptors (Lipinski definition) is 1. The van der Waals surface area contributed by atoms with Crippen LogP contribution >= 0.6 is 0 Å². The molecule has 1 saturated carbocycles. The molecule has 0 saturated heterocycles. The van der Waals surface area contributed by atoms with E-state index in [-0.39, 0.29) is 0 Å². The zero-order chi connectivity index (χ0) is 8.85. The molecule has 0 aromatic carbocycles. The van der Waals surface area contributed by atoms with Crippen molar-refractivity contribution in [2.24, 2.45) is 17.8 Å². The van der Waals surface area contributed by atoms with Gasteiger partial charge >= 0.3 is 0 Å². The van der Waals surface area contributed by atoms with Gasteiger partial charge < -0.3 is 5.11 Å². The average molecular weight is 158 g/mol. The Morgan fingerprint density at radius 1 is 0.727 bits per heavy atom. The van der Waals surface area contributed by atoms with Crippen molar-refractivity contribution < 1.29 is 5.11 Å². The summed E-state index contributed by atoms with van der Waals surface area (Å²) in [5.41, 5.74) is 0. The predicted octanol–water partition coefficient (Wildman–Crippen LogP) is 2.69. The molecular weight excluding hydrogens is 136 g/mol. The maximum Gasteiger partial charge on any atom is 0.0319 e. The zero-order valence-corrected chi connectivity index (χ0v) is 8.30. The first kappa shape index (κ1) is 11.0. The summed E-state index contributed by atoms with van der Waals surface area (Å²) in [5.74, 6) is 2.97. The Kier molecular flexibility index (Phi) is 5.57. The van der Waals surface area contributed by atoms with Crippen molar-refractivity contribution >= 4 is 0 Å².